The minimum absolute atomic E-state index is 0.0157. The number of nitrogens with zero attached hydrogens (tertiary/aromatic N) is 3. The van der Waals surface area contributed by atoms with Crippen LogP contribution in [-0.4, -0.2) is 33.7 Å². The summed E-state index contributed by atoms with van der Waals surface area (Å²) < 4.78 is 44.8. The summed E-state index contributed by atoms with van der Waals surface area (Å²) in [4.78, 5) is 12.2. The summed E-state index contributed by atoms with van der Waals surface area (Å²) in [6, 6.07) is 2.18. The molecule has 9 heteroatoms. The van der Waals surface area contributed by atoms with Crippen molar-refractivity contribution in [3.8, 4) is 0 Å². The van der Waals surface area contributed by atoms with Crippen molar-refractivity contribution >= 4 is 11.6 Å². The zero-order valence-corrected chi connectivity index (χ0v) is 13.6. The van der Waals surface area contributed by atoms with E-state index in [1.807, 2.05) is 13.8 Å². The van der Waals surface area contributed by atoms with Crippen molar-refractivity contribution in [2.75, 3.05) is 7.11 Å². The van der Waals surface area contributed by atoms with Crippen molar-refractivity contribution in [2.45, 2.75) is 39.1 Å². The fourth-order valence-corrected chi connectivity index (χ4v) is 2.31. The van der Waals surface area contributed by atoms with Gasteiger partial charge in [-0.1, -0.05) is 20.3 Å². The third kappa shape index (κ3) is 3.84. The first kappa shape index (κ1) is 18.2. The van der Waals surface area contributed by atoms with Crippen LogP contribution >= 0.6 is 0 Å². The lowest BCUT2D eigenvalue weighted by atomic mass is 10.0. The van der Waals surface area contributed by atoms with Crippen LogP contribution in [0.2, 0.25) is 0 Å². The van der Waals surface area contributed by atoms with E-state index in [1.54, 1.807) is 0 Å². The monoisotopic (exact) mass is 344 g/mol. The molecule has 2 aromatic rings. The topological polar surface area (TPSA) is 68.5 Å². The largest absolute Gasteiger partial charge is 0.417 e. The number of pyridine rings is 1. The number of aromatic nitrogens is 3. The highest BCUT2D eigenvalue weighted by atomic mass is 19.4. The molecule has 2 atom stereocenters. The van der Waals surface area contributed by atoms with Crippen LogP contribution in [0.1, 0.15) is 31.7 Å². The van der Waals surface area contributed by atoms with Crippen molar-refractivity contribution in [1.29, 1.82) is 0 Å². The van der Waals surface area contributed by atoms with Crippen molar-refractivity contribution < 1.29 is 22.7 Å². The van der Waals surface area contributed by atoms with E-state index in [-0.39, 0.29) is 29.8 Å². The second kappa shape index (κ2) is 7.16. The van der Waals surface area contributed by atoms with E-state index >= 15 is 0 Å². The highest BCUT2D eigenvalue weighted by Gasteiger charge is 2.31. The summed E-state index contributed by atoms with van der Waals surface area (Å²) in [5.41, 5.74) is -0.533. The molecule has 0 radical (unpaired) electrons. The Bertz CT molecular complexity index is 714. The van der Waals surface area contributed by atoms with Gasteiger partial charge in [-0.15, -0.1) is 10.2 Å². The average molecular weight is 344 g/mol. The molecule has 1 N–H and O–H groups in total. The molecule has 0 aromatic carbocycles. The first-order chi connectivity index (χ1) is 11.3. The van der Waals surface area contributed by atoms with Gasteiger partial charge in [0.25, 0.3) is 0 Å². The van der Waals surface area contributed by atoms with Crippen molar-refractivity contribution in [2.24, 2.45) is 5.92 Å². The Kier molecular flexibility index (Phi) is 5.43. The number of rotatable bonds is 6. The van der Waals surface area contributed by atoms with Crippen LogP contribution in [0.3, 0.4) is 0 Å². The molecule has 0 saturated carbocycles. The van der Waals surface area contributed by atoms with E-state index in [0.717, 1.165) is 18.7 Å². The molecule has 2 unspecified atom stereocenters. The Balaban J connectivity index is 2.17. The molecule has 0 aliphatic rings. The summed E-state index contributed by atoms with van der Waals surface area (Å²) in [5, 5.41) is 10.3. The second-order valence-electron chi connectivity index (χ2n) is 5.52. The van der Waals surface area contributed by atoms with Gasteiger partial charge in [-0.2, -0.15) is 13.2 Å². The van der Waals surface area contributed by atoms with Crippen LogP contribution < -0.4 is 5.32 Å². The van der Waals surface area contributed by atoms with Crippen molar-refractivity contribution in [3.05, 3.63) is 29.7 Å². The molecular weight excluding hydrogens is 325 g/mol. The molecule has 0 saturated heterocycles. The van der Waals surface area contributed by atoms with Crippen LogP contribution in [0.4, 0.5) is 13.2 Å². The SMILES string of the molecule is CCC(C)C(OC)C(=O)NCc1nnc2ccc(C(F)(F)F)cn12. The van der Waals surface area contributed by atoms with Gasteiger partial charge in [0.1, 0.15) is 6.10 Å². The number of alkyl halides is 3. The number of methoxy groups -OCH3 is 1. The van der Waals surface area contributed by atoms with Gasteiger partial charge in [0.05, 0.1) is 12.1 Å². The minimum atomic E-state index is -4.46. The Labute approximate surface area is 137 Å². The van der Waals surface area contributed by atoms with Crippen LogP contribution in [-0.2, 0) is 22.3 Å². The normalized spacial score (nSPS) is 14.6. The van der Waals surface area contributed by atoms with E-state index < -0.39 is 17.8 Å². The molecule has 0 fully saturated rings. The molecule has 24 heavy (non-hydrogen) atoms. The summed E-state index contributed by atoms with van der Waals surface area (Å²) >= 11 is 0. The predicted octanol–water partition coefficient (Wildman–Crippen LogP) is 2.43. The van der Waals surface area contributed by atoms with E-state index in [0.29, 0.717) is 0 Å². The van der Waals surface area contributed by atoms with Gasteiger partial charge in [-0.25, -0.2) is 0 Å². The van der Waals surface area contributed by atoms with Gasteiger partial charge >= 0.3 is 6.18 Å². The lowest BCUT2D eigenvalue weighted by Gasteiger charge is -2.20. The predicted molar refractivity (Wildman–Crippen MR) is 80.1 cm³/mol. The van der Waals surface area contributed by atoms with Gasteiger partial charge < -0.3 is 10.1 Å². The second-order valence-corrected chi connectivity index (χ2v) is 5.52. The first-order valence-electron chi connectivity index (χ1n) is 7.49. The highest BCUT2D eigenvalue weighted by Crippen LogP contribution is 2.29. The molecule has 0 aliphatic carbocycles. The highest BCUT2D eigenvalue weighted by molar-refractivity contribution is 5.81. The number of nitrogens with one attached hydrogen (secondary N) is 1. The van der Waals surface area contributed by atoms with E-state index in [4.69, 9.17) is 4.74 Å². The number of hydrogen-bond acceptors (Lipinski definition) is 4. The summed E-state index contributed by atoms with van der Waals surface area (Å²) in [5.74, 6) is -0.110. The van der Waals surface area contributed by atoms with Crippen molar-refractivity contribution in [3.63, 3.8) is 0 Å². The molecule has 2 aromatic heterocycles. The quantitative estimate of drug-likeness (QED) is 0.874. The standard InChI is InChI=1S/C15H19F3N4O2/c1-4-9(2)13(24-3)14(23)19-7-12-21-20-11-6-5-10(8-22(11)12)15(16,17)18/h5-6,8-9,13H,4,7H2,1-3H3,(H,19,23). The van der Waals surface area contributed by atoms with Gasteiger partial charge in [0.2, 0.25) is 5.91 Å². The number of fused-ring (bicyclic) bond motifs is 1. The summed E-state index contributed by atoms with van der Waals surface area (Å²) in [7, 11) is 1.44. The Hall–Kier alpha value is -2.16. The molecular formula is C15H19F3N4O2. The smallest absolute Gasteiger partial charge is 0.371 e. The van der Waals surface area contributed by atoms with Gasteiger partial charge in [-0.3, -0.25) is 9.20 Å². The maximum Gasteiger partial charge on any atom is 0.417 e. The van der Waals surface area contributed by atoms with Gasteiger partial charge in [-0.05, 0) is 18.1 Å². The Morgan fingerprint density at radius 1 is 1.38 bits per heavy atom. The fourth-order valence-electron chi connectivity index (χ4n) is 2.31. The lowest BCUT2D eigenvalue weighted by molar-refractivity contribution is -0.138. The maximum absolute atomic E-state index is 12.8. The number of carbonyl (C=O) groups excluding carboxylic acids is 1. The Morgan fingerprint density at radius 3 is 2.67 bits per heavy atom. The summed E-state index contributed by atoms with van der Waals surface area (Å²) in [6.07, 6.45) is -3.41. The van der Waals surface area contributed by atoms with Crippen LogP contribution in [0, 0.1) is 5.92 Å². The Morgan fingerprint density at radius 2 is 2.08 bits per heavy atom. The molecule has 132 valence electrons. The molecule has 2 rings (SSSR count). The lowest BCUT2D eigenvalue weighted by Crippen LogP contribution is -2.39. The number of carbonyl (C=O) groups is 1. The molecule has 6 nitrogen and oxygen atoms in total. The van der Waals surface area contributed by atoms with Crippen LogP contribution in [0.25, 0.3) is 5.65 Å². The van der Waals surface area contributed by atoms with Gasteiger partial charge in [0, 0.05) is 13.3 Å². The molecule has 2 heterocycles. The van der Waals surface area contributed by atoms with E-state index in [9.17, 15) is 18.0 Å². The van der Waals surface area contributed by atoms with Crippen LogP contribution in [0.15, 0.2) is 18.3 Å². The zero-order valence-electron chi connectivity index (χ0n) is 13.6. The molecule has 0 spiro atoms. The van der Waals surface area contributed by atoms with Crippen molar-refractivity contribution in [1.82, 2.24) is 19.9 Å². The number of amides is 1. The zero-order chi connectivity index (χ0) is 17.9. The number of ether oxygens (including phenoxy) is 1. The molecule has 0 aliphatic heterocycles. The summed E-state index contributed by atoms with van der Waals surface area (Å²) in [6.45, 7) is 3.78. The van der Waals surface area contributed by atoms with E-state index in [2.05, 4.69) is 15.5 Å². The number of halogens is 3. The van der Waals surface area contributed by atoms with E-state index in [1.165, 1.54) is 17.6 Å². The van der Waals surface area contributed by atoms with Crippen LogP contribution in [0.5, 0.6) is 0 Å². The average Bonchev–Trinajstić information content (AvgIpc) is 2.94. The molecule has 1 amide bonds. The third-order valence-corrected chi connectivity index (χ3v) is 3.89. The minimum Gasteiger partial charge on any atom is -0.371 e. The molecule has 0 bridgehead atoms. The fraction of sp³-hybridized carbons (Fsp3) is 0.533. The maximum atomic E-state index is 12.8. The van der Waals surface area contributed by atoms with Gasteiger partial charge in [0.15, 0.2) is 11.5 Å². The first-order valence-corrected chi connectivity index (χ1v) is 7.49. The number of hydrogen-bond donors (Lipinski definition) is 1. The third-order valence-electron chi connectivity index (χ3n) is 3.89.